The van der Waals surface area contributed by atoms with Crippen LogP contribution in [0.3, 0.4) is 0 Å². The number of benzene rings is 3. The van der Waals surface area contributed by atoms with E-state index in [9.17, 15) is 0 Å². The first-order chi connectivity index (χ1) is 14.8. The molecule has 0 aliphatic carbocycles. The van der Waals surface area contributed by atoms with Gasteiger partial charge in [0.2, 0.25) is 0 Å². The van der Waals surface area contributed by atoms with Gasteiger partial charge in [0.1, 0.15) is 12.4 Å². The van der Waals surface area contributed by atoms with Crippen LogP contribution in [-0.4, -0.2) is 0 Å². The van der Waals surface area contributed by atoms with Gasteiger partial charge in [-0.2, -0.15) is 0 Å². The van der Waals surface area contributed by atoms with Gasteiger partial charge in [0.25, 0.3) is 0 Å². The van der Waals surface area contributed by atoms with Crippen molar-refractivity contribution in [1.29, 1.82) is 0 Å². The van der Waals surface area contributed by atoms with Crippen LogP contribution < -0.4 is 4.74 Å². The molecule has 3 aromatic carbocycles. The second kappa shape index (κ2) is 11.8. The zero-order chi connectivity index (χ0) is 21.0. The van der Waals surface area contributed by atoms with Crippen LogP contribution in [0.1, 0.15) is 40.7 Å². The van der Waals surface area contributed by atoms with E-state index in [4.69, 9.17) is 4.74 Å². The molecule has 0 aromatic heterocycles. The van der Waals surface area contributed by atoms with Crippen molar-refractivity contribution >= 4 is 0 Å². The molecular weight excluding hydrogens is 364 g/mol. The largest absolute Gasteiger partial charge is 0.489 e. The Morgan fingerprint density at radius 2 is 0.867 bits per heavy atom. The first kappa shape index (κ1) is 21.6. The fraction of sp³-hybridized carbons (Fsp3) is 0.241. The van der Waals surface area contributed by atoms with Gasteiger partial charge in [0.15, 0.2) is 0 Å². The quantitative estimate of drug-likeness (QED) is 0.292. The summed E-state index contributed by atoms with van der Waals surface area (Å²) < 4.78 is 5.93. The van der Waals surface area contributed by atoms with Gasteiger partial charge in [0, 0.05) is 0 Å². The summed E-state index contributed by atoms with van der Waals surface area (Å²) in [5, 5.41) is 0. The Kier molecular flexibility index (Phi) is 8.53. The Morgan fingerprint density at radius 3 is 1.30 bits per heavy atom. The molecule has 0 heterocycles. The maximum Gasteiger partial charge on any atom is 0.119 e. The molecule has 0 bridgehead atoms. The summed E-state index contributed by atoms with van der Waals surface area (Å²) in [6, 6.07) is 26.1. The van der Waals surface area contributed by atoms with E-state index in [-0.39, 0.29) is 0 Å². The Hall–Kier alpha value is -3.06. The van der Waals surface area contributed by atoms with Gasteiger partial charge in [-0.15, -0.1) is 13.2 Å². The molecule has 0 unspecified atom stereocenters. The molecule has 1 heteroatoms. The molecule has 0 saturated heterocycles. The summed E-state index contributed by atoms with van der Waals surface area (Å²) in [6.07, 6.45) is 10.2. The second-order valence-electron chi connectivity index (χ2n) is 7.72. The zero-order valence-corrected chi connectivity index (χ0v) is 17.9. The maximum absolute atomic E-state index is 5.93. The standard InChI is InChI=1S/C29H32O/c1-3-5-7-24-9-11-26(12-10-24)13-14-27-15-17-28(18-16-27)23-30-29-21-19-25(20-22-29)8-6-4-2/h3-4,9-12,15-22H,1-2,5-8,13-14,23H2. The third kappa shape index (κ3) is 7.08. The molecule has 0 aliphatic rings. The molecule has 0 fully saturated rings. The van der Waals surface area contributed by atoms with E-state index in [1.165, 1.54) is 27.8 Å². The highest BCUT2D eigenvalue weighted by atomic mass is 16.5. The normalized spacial score (nSPS) is 10.5. The van der Waals surface area contributed by atoms with Gasteiger partial charge in [-0.25, -0.2) is 0 Å². The molecule has 154 valence electrons. The van der Waals surface area contributed by atoms with Crippen LogP contribution in [0.15, 0.2) is 98.1 Å². The molecular formula is C29H32O. The van der Waals surface area contributed by atoms with Crippen LogP contribution in [0.25, 0.3) is 0 Å². The molecule has 3 aromatic rings. The minimum absolute atomic E-state index is 0.596. The molecule has 0 aliphatic heterocycles. The Morgan fingerprint density at radius 1 is 0.500 bits per heavy atom. The molecule has 0 saturated carbocycles. The van der Waals surface area contributed by atoms with Crippen LogP contribution in [0.4, 0.5) is 0 Å². The fourth-order valence-corrected chi connectivity index (χ4v) is 3.42. The Labute approximate surface area is 181 Å². The SMILES string of the molecule is C=CCCc1ccc(CCc2ccc(COc3ccc(CCC=C)cc3)cc2)cc1. The number of hydrogen-bond acceptors (Lipinski definition) is 1. The van der Waals surface area contributed by atoms with Crippen LogP contribution in [0.5, 0.6) is 5.75 Å². The Balaban J connectivity index is 1.44. The zero-order valence-electron chi connectivity index (χ0n) is 17.9. The van der Waals surface area contributed by atoms with Crippen molar-refractivity contribution in [3.63, 3.8) is 0 Å². The van der Waals surface area contributed by atoms with E-state index >= 15 is 0 Å². The summed E-state index contributed by atoms with van der Waals surface area (Å²) in [6.45, 7) is 8.16. The van der Waals surface area contributed by atoms with Crippen molar-refractivity contribution in [2.24, 2.45) is 0 Å². The highest BCUT2D eigenvalue weighted by Gasteiger charge is 2.00. The average Bonchev–Trinajstić information content (AvgIpc) is 2.80. The molecule has 0 atom stereocenters. The fourth-order valence-electron chi connectivity index (χ4n) is 3.42. The number of allylic oxidation sites excluding steroid dienone is 2. The van der Waals surface area contributed by atoms with Gasteiger partial charge >= 0.3 is 0 Å². The molecule has 3 rings (SSSR count). The van der Waals surface area contributed by atoms with Gasteiger partial charge < -0.3 is 4.74 Å². The number of rotatable bonds is 12. The van der Waals surface area contributed by atoms with Crippen molar-refractivity contribution in [2.45, 2.75) is 45.1 Å². The molecule has 30 heavy (non-hydrogen) atoms. The summed E-state index contributed by atoms with van der Waals surface area (Å²) in [7, 11) is 0. The van der Waals surface area contributed by atoms with Crippen molar-refractivity contribution in [1.82, 2.24) is 0 Å². The van der Waals surface area contributed by atoms with E-state index in [0.29, 0.717) is 6.61 Å². The Bertz CT molecular complexity index is 824. The van der Waals surface area contributed by atoms with Crippen LogP contribution >= 0.6 is 0 Å². The highest BCUT2D eigenvalue weighted by molar-refractivity contribution is 5.29. The lowest BCUT2D eigenvalue weighted by Crippen LogP contribution is -1.97. The van der Waals surface area contributed by atoms with Crippen LogP contribution in [0.2, 0.25) is 0 Å². The second-order valence-corrected chi connectivity index (χ2v) is 7.72. The van der Waals surface area contributed by atoms with E-state index in [2.05, 4.69) is 86.0 Å². The van der Waals surface area contributed by atoms with Gasteiger partial charge in [-0.3, -0.25) is 0 Å². The number of hydrogen-bond donors (Lipinski definition) is 0. The molecule has 1 nitrogen and oxygen atoms in total. The number of ether oxygens (including phenoxy) is 1. The van der Waals surface area contributed by atoms with Gasteiger partial charge in [-0.1, -0.05) is 72.8 Å². The van der Waals surface area contributed by atoms with Crippen molar-refractivity contribution in [2.75, 3.05) is 0 Å². The average molecular weight is 397 g/mol. The lowest BCUT2D eigenvalue weighted by Gasteiger charge is -2.09. The third-order valence-corrected chi connectivity index (χ3v) is 5.35. The summed E-state index contributed by atoms with van der Waals surface area (Å²) >= 11 is 0. The molecule has 0 radical (unpaired) electrons. The lowest BCUT2D eigenvalue weighted by molar-refractivity contribution is 0.306. The monoisotopic (exact) mass is 396 g/mol. The summed E-state index contributed by atoms with van der Waals surface area (Å²) in [5.41, 5.74) is 6.65. The lowest BCUT2D eigenvalue weighted by atomic mass is 10.0. The van der Waals surface area contributed by atoms with Crippen molar-refractivity contribution in [3.8, 4) is 5.75 Å². The maximum atomic E-state index is 5.93. The molecule has 0 amide bonds. The van der Waals surface area contributed by atoms with Crippen LogP contribution in [-0.2, 0) is 32.3 Å². The smallest absolute Gasteiger partial charge is 0.119 e. The van der Waals surface area contributed by atoms with Crippen molar-refractivity contribution in [3.05, 3.63) is 126 Å². The first-order valence-corrected chi connectivity index (χ1v) is 10.9. The number of aryl methyl sites for hydroxylation is 4. The minimum Gasteiger partial charge on any atom is -0.489 e. The summed E-state index contributed by atoms with van der Waals surface area (Å²) in [5.74, 6) is 0.915. The molecule has 0 N–H and O–H groups in total. The van der Waals surface area contributed by atoms with Crippen molar-refractivity contribution < 1.29 is 4.74 Å². The van der Waals surface area contributed by atoms with E-state index in [1.807, 2.05) is 12.2 Å². The van der Waals surface area contributed by atoms with Crippen LogP contribution in [0, 0.1) is 0 Å². The highest BCUT2D eigenvalue weighted by Crippen LogP contribution is 2.16. The predicted octanol–water partition coefficient (Wildman–Crippen LogP) is 7.29. The minimum atomic E-state index is 0.596. The predicted molar refractivity (Wildman–Crippen MR) is 128 cm³/mol. The molecule has 0 spiro atoms. The van der Waals surface area contributed by atoms with E-state index in [0.717, 1.165) is 44.3 Å². The van der Waals surface area contributed by atoms with Gasteiger partial charge in [0.05, 0.1) is 0 Å². The first-order valence-electron chi connectivity index (χ1n) is 10.9. The van der Waals surface area contributed by atoms with E-state index < -0.39 is 0 Å². The van der Waals surface area contributed by atoms with E-state index in [1.54, 1.807) is 0 Å². The topological polar surface area (TPSA) is 9.23 Å². The third-order valence-electron chi connectivity index (χ3n) is 5.35. The summed E-state index contributed by atoms with van der Waals surface area (Å²) in [4.78, 5) is 0. The van der Waals surface area contributed by atoms with Gasteiger partial charge in [-0.05, 0) is 78.5 Å².